The van der Waals surface area contributed by atoms with Crippen LogP contribution in [0.1, 0.15) is 28.2 Å². The number of aromatic nitrogens is 3. The Hall–Kier alpha value is -2.37. The number of hydrogen-bond acceptors (Lipinski definition) is 4. The number of anilines is 1. The first-order valence-corrected chi connectivity index (χ1v) is 6.57. The molecule has 0 radical (unpaired) electrons. The van der Waals surface area contributed by atoms with E-state index in [2.05, 4.69) is 21.5 Å². The van der Waals surface area contributed by atoms with E-state index in [0.717, 1.165) is 24.4 Å². The third kappa shape index (κ3) is 3.34. The van der Waals surface area contributed by atoms with Gasteiger partial charge in [0.25, 0.3) is 5.91 Å². The van der Waals surface area contributed by atoms with Crippen molar-refractivity contribution in [2.24, 2.45) is 5.73 Å². The zero-order valence-electron chi connectivity index (χ0n) is 11.8. The number of primary amides is 1. The SMILES string of the molecule is Cc1cc(C)n(CCCNc2ncccc2C(N)=O)n1. The van der Waals surface area contributed by atoms with Gasteiger partial charge in [0.15, 0.2) is 0 Å². The summed E-state index contributed by atoms with van der Waals surface area (Å²) in [5, 5.41) is 7.54. The molecule has 2 aromatic heterocycles. The Bertz CT molecular complexity index is 605. The van der Waals surface area contributed by atoms with E-state index < -0.39 is 5.91 Å². The van der Waals surface area contributed by atoms with Crippen LogP contribution < -0.4 is 11.1 Å². The summed E-state index contributed by atoms with van der Waals surface area (Å²) < 4.78 is 1.98. The zero-order chi connectivity index (χ0) is 14.5. The molecule has 20 heavy (non-hydrogen) atoms. The van der Waals surface area contributed by atoms with Crippen LogP contribution in [-0.4, -0.2) is 27.2 Å². The van der Waals surface area contributed by atoms with Crippen molar-refractivity contribution in [2.75, 3.05) is 11.9 Å². The van der Waals surface area contributed by atoms with Crippen LogP contribution in [0.5, 0.6) is 0 Å². The first-order chi connectivity index (χ1) is 9.58. The van der Waals surface area contributed by atoms with Gasteiger partial charge in [-0.3, -0.25) is 9.48 Å². The Morgan fingerprint density at radius 2 is 2.25 bits per heavy atom. The maximum Gasteiger partial charge on any atom is 0.252 e. The first kappa shape index (κ1) is 14.0. The number of nitrogens with two attached hydrogens (primary N) is 1. The number of nitrogens with zero attached hydrogens (tertiary/aromatic N) is 3. The van der Waals surface area contributed by atoms with Crippen LogP contribution in [-0.2, 0) is 6.54 Å². The van der Waals surface area contributed by atoms with Gasteiger partial charge in [-0.05, 0) is 38.5 Å². The normalized spacial score (nSPS) is 10.5. The predicted octanol–water partition coefficient (Wildman–Crippen LogP) is 1.50. The fourth-order valence-electron chi connectivity index (χ4n) is 2.08. The summed E-state index contributed by atoms with van der Waals surface area (Å²) in [6, 6.07) is 5.41. The van der Waals surface area contributed by atoms with Gasteiger partial charge in [0, 0.05) is 25.0 Å². The molecule has 0 aliphatic carbocycles. The van der Waals surface area contributed by atoms with Crippen molar-refractivity contribution in [1.82, 2.24) is 14.8 Å². The average molecular weight is 273 g/mol. The summed E-state index contributed by atoms with van der Waals surface area (Å²) in [6.45, 7) is 5.55. The Kier molecular flexibility index (Phi) is 4.34. The van der Waals surface area contributed by atoms with Crippen LogP contribution in [0.15, 0.2) is 24.4 Å². The minimum atomic E-state index is -0.473. The minimum absolute atomic E-state index is 0.415. The monoisotopic (exact) mass is 273 g/mol. The van der Waals surface area contributed by atoms with Gasteiger partial charge in [0.1, 0.15) is 5.82 Å². The third-order valence-electron chi connectivity index (χ3n) is 3.02. The highest BCUT2D eigenvalue weighted by Crippen LogP contribution is 2.10. The molecule has 0 saturated carbocycles. The van der Waals surface area contributed by atoms with Crippen molar-refractivity contribution in [3.8, 4) is 0 Å². The lowest BCUT2D eigenvalue weighted by molar-refractivity contribution is 0.100. The van der Waals surface area contributed by atoms with Gasteiger partial charge in [0.05, 0.1) is 11.3 Å². The summed E-state index contributed by atoms with van der Waals surface area (Å²) in [6.07, 6.45) is 2.52. The van der Waals surface area contributed by atoms with E-state index in [9.17, 15) is 4.79 Å². The fraction of sp³-hybridized carbons (Fsp3) is 0.357. The smallest absolute Gasteiger partial charge is 0.252 e. The van der Waals surface area contributed by atoms with Gasteiger partial charge in [-0.25, -0.2) is 4.98 Å². The molecule has 0 unspecified atom stereocenters. The number of nitrogens with one attached hydrogen (secondary N) is 1. The van der Waals surface area contributed by atoms with E-state index in [0.29, 0.717) is 17.9 Å². The molecule has 3 N–H and O–H groups in total. The molecule has 6 nitrogen and oxygen atoms in total. The van der Waals surface area contributed by atoms with Crippen LogP contribution in [0, 0.1) is 13.8 Å². The van der Waals surface area contributed by atoms with Crippen LogP contribution >= 0.6 is 0 Å². The summed E-state index contributed by atoms with van der Waals surface area (Å²) >= 11 is 0. The van der Waals surface area contributed by atoms with Gasteiger partial charge in [-0.15, -0.1) is 0 Å². The van der Waals surface area contributed by atoms with Crippen molar-refractivity contribution in [2.45, 2.75) is 26.8 Å². The fourth-order valence-corrected chi connectivity index (χ4v) is 2.08. The van der Waals surface area contributed by atoms with Crippen molar-refractivity contribution in [1.29, 1.82) is 0 Å². The molecule has 2 aromatic rings. The van der Waals surface area contributed by atoms with Crippen LogP contribution in [0.2, 0.25) is 0 Å². The van der Waals surface area contributed by atoms with Crippen LogP contribution in [0.25, 0.3) is 0 Å². The van der Waals surface area contributed by atoms with Crippen LogP contribution in [0.3, 0.4) is 0 Å². The molecular weight excluding hydrogens is 254 g/mol. The van der Waals surface area contributed by atoms with Gasteiger partial charge < -0.3 is 11.1 Å². The topological polar surface area (TPSA) is 85.8 Å². The lowest BCUT2D eigenvalue weighted by Crippen LogP contribution is -2.16. The molecule has 0 atom stereocenters. The van der Waals surface area contributed by atoms with Crippen molar-refractivity contribution in [3.05, 3.63) is 41.3 Å². The highest BCUT2D eigenvalue weighted by molar-refractivity contribution is 5.97. The first-order valence-electron chi connectivity index (χ1n) is 6.57. The molecule has 0 spiro atoms. The van der Waals surface area contributed by atoms with E-state index in [4.69, 9.17) is 5.73 Å². The lowest BCUT2D eigenvalue weighted by Gasteiger charge is -2.09. The van der Waals surface area contributed by atoms with Crippen LogP contribution in [0.4, 0.5) is 5.82 Å². The molecule has 106 valence electrons. The third-order valence-corrected chi connectivity index (χ3v) is 3.02. The Balaban J connectivity index is 1.88. The Morgan fingerprint density at radius 3 is 2.90 bits per heavy atom. The molecule has 0 bridgehead atoms. The molecule has 0 aliphatic rings. The van der Waals surface area contributed by atoms with E-state index in [-0.39, 0.29) is 0 Å². The van der Waals surface area contributed by atoms with Gasteiger partial charge in [-0.2, -0.15) is 5.10 Å². The molecular formula is C14H19N5O. The molecule has 0 saturated heterocycles. The van der Waals surface area contributed by atoms with Crippen molar-refractivity contribution < 1.29 is 4.79 Å². The highest BCUT2D eigenvalue weighted by Gasteiger charge is 2.07. The number of carbonyl (C=O) groups is 1. The van der Waals surface area contributed by atoms with E-state index in [1.807, 2.05) is 18.5 Å². The van der Waals surface area contributed by atoms with Gasteiger partial charge in [-0.1, -0.05) is 0 Å². The maximum atomic E-state index is 11.3. The average Bonchev–Trinajstić information content (AvgIpc) is 2.73. The number of hydrogen-bond donors (Lipinski definition) is 2. The summed E-state index contributed by atoms with van der Waals surface area (Å²) in [5.41, 5.74) is 7.89. The number of amides is 1. The molecule has 6 heteroatoms. The number of rotatable bonds is 6. The van der Waals surface area contributed by atoms with E-state index in [1.54, 1.807) is 18.3 Å². The van der Waals surface area contributed by atoms with Crippen molar-refractivity contribution >= 4 is 11.7 Å². The second kappa shape index (κ2) is 6.18. The molecule has 0 aliphatic heterocycles. The summed E-state index contributed by atoms with van der Waals surface area (Å²) in [4.78, 5) is 15.4. The number of carbonyl (C=O) groups excluding carboxylic acids is 1. The zero-order valence-corrected chi connectivity index (χ0v) is 11.8. The summed E-state index contributed by atoms with van der Waals surface area (Å²) in [7, 11) is 0. The quantitative estimate of drug-likeness (QED) is 0.781. The minimum Gasteiger partial charge on any atom is -0.369 e. The van der Waals surface area contributed by atoms with Gasteiger partial charge in [0.2, 0.25) is 0 Å². The van der Waals surface area contributed by atoms with Crippen molar-refractivity contribution in [3.63, 3.8) is 0 Å². The molecule has 1 amide bonds. The lowest BCUT2D eigenvalue weighted by atomic mass is 10.2. The van der Waals surface area contributed by atoms with E-state index >= 15 is 0 Å². The molecule has 2 rings (SSSR count). The molecule has 2 heterocycles. The maximum absolute atomic E-state index is 11.3. The molecule has 0 fully saturated rings. The second-order valence-electron chi connectivity index (χ2n) is 4.69. The molecule has 0 aromatic carbocycles. The Labute approximate surface area is 118 Å². The number of aryl methyl sites for hydroxylation is 3. The number of pyridine rings is 1. The summed E-state index contributed by atoms with van der Waals surface area (Å²) in [5.74, 6) is 0.0625. The highest BCUT2D eigenvalue weighted by atomic mass is 16.1. The van der Waals surface area contributed by atoms with Gasteiger partial charge >= 0.3 is 0 Å². The second-order valence-corrected chi connectivity index (χ2v) is 4.69. The standard InChI is InChI=1S/C14H19N5O/c1-10-9-11(2)19(18-10)8-4-7-17-14-12(13(15)20)5-3-6-16-14/h3,5-6,9H,4,7-8H2,1-2H3,(H2,15,20)(H,16,17). The Morgan fingerprint density at radius 1 is 1.45 bits per heavy atom. The predicted molar refractivity (Wildman–Crippen MR) is 77.6 cm³/mol. The van der Waals surface area contributed by atoms with E-state index in [1.165, 1.54) is 0 Å². The largest absolute Gasteiger partial charge is 0.369 e.